The number of hydrogen-bond acceptors (Lipinski definition) is 2. The van der Waals surface area contributed by atoms with E-state index in [0.717, 1.165) is 39.0 Å². The van der Waals surface area contributed by atoms with E-state index in [1.807, 2.05) is 0 Å². The number of guanidine groups is 1. The fraction of sp³-hybridized carbons (Fsp3) is 0.500. The standard InChI is InChI=1S/C14H22N4/c1-11-3-4-13-10-18(8-5-12(13)9-11)7-2-6-17-14(15)16/h3-4,9H,2,5-8,10H2,1H3,(H4,15,16,17). The van der Waals surface area contributed by atoms with E-state index < -0.39 is 0 Å². The largest absolute Gasteiger partial charge is 0.370 e. The molecular weight excluding hydrogens is 224 g/mol. The van der Waals surface area contributed by atoms with Crippen molar-refractivity contribution in [2.24, 2.45) is 16.5 Å². The Bertz CT molecular complexity index is 435. The zero-order valence-electron chi connectivity index (χ0n) is 11.0. The number of nitrogens with zero attached hydrogens (tertiary/aromatic N) is 2. The summed E-state index contributed by atoms with van der Waals surface area (Å²) < 4.78 is 0. The van der Waals surface area contributed by atoms with Crippen molar-refractivity contribution >= 4 is 5.96 Å². The molecule has 1 aromatic rings. The van der Waals surface area contributed by atoms with Crippen molar-refractivity contribution in [1.82, 2.24) is 4.90 Å². The highest BCUT2D eigenvalue weighted by Gasteiger charge is 2.15. The first-order valence-corrected chi connectivity index (χ1v) is 6.51. The summed E-state index contributed by atoms with van der Waals surface area (Å²) in [6, 6.07) is 6.76. The lowest BCUT2D eigenvalue weighted by Gasteiger charge is -2.28. The number of hydrogen-bond donors (Lipinski definition) is 2. The van der Waals surface area contributed by atoms with E-state index in [2.05, 4.69) is 35.0 Å². The first kappa shape index (κ1) is 12.9. The van der Waals surface area contributed by atoms with Crippen LogP contribution in [0, 0.1) is 6.92 Å². The molecule has 0 aromatic heterocycles. The molecule has 0 aliphatic carbocycles. The highest BCUT2D eigenvalue weighted by atomic mass is 15.1. The molecule has 18 heavy (non-hydrogen) atoms. The zero-order valence-corrected chi connectivity index (χ0v) is 11.0. The molecule has 1 heterocycles. The maximum Gasteiger partial charge on any atom is 0.185 e. The SMILES string of the molecule is Cc1ccc2c(c1)CCN(CCCN=C(N)N)C2. The molecular formula is C14H22N4. The molecule has 0 saturated heterocycles. The summed E-state index contributed by atoms with van der Waals surface area (Å²) in [5, 5.41) is 0. The lowest BCUT2D eigenvalue weighted by Crippen LogP contribution is -2.32. The molecule has 0 spiro atoms. The fourth-order valence-corrected chi connectivity index (χ4v) is 2.43. The van der Waals surface area contributed by atoms with Crippen LogP contribution in [0.15, 0.2) is 23.2 Å². The Morgan fingerprint density at radius 3 is 2.94 bits per heavy atom. The Morgan fingerprint density at radius 1 is 1.33 bits per heavy atom. The molecule has 4 heteroatoms. The van der Waals surface area contributed by atoms with Crippen molar-refractivity contribution in [2.45, 2.75) is 26.3 Å². The molecule has 0 saturated carbocycles. The second-order valence-corrected chi connectivity index (χ2v) is 4.96. The molecule has 0 amide bonds. The molecule has 0 radical (unpaired) electrons. The number of rotatable bonds is 4. The lowest BCUT2D eigenvalue weighted by molar-refractivity contribution is 0.252. The van der Waals surface area contributed by atoms with Crippen LogP contribution in [0.2, 0.25) is 0 Å². The summed E-state index contributed by atoms with van der Waals surface area (Å²) in [5.41, 5.74) is 14.9. The van der Waals surface area contributed by atoms with Gasteiger partial charge in [-0.15, -0.1) is 0 Å². The third-order valence-electron chi connectivity index (χ3n) is 3.38. The van der Waals surface area contributed by atoms with Crippen LogP contribution in [0.3, 0.4) is 0 Å². The molecule has 4 N–H and O–H groups in total. The second kappa shape index (κ2) is 5.87. The molecule has 0 bridgehead atoms. The van der Waals surface area contributed by atoms with Crippen molar-refractivity contribution < 1.29 is 0 Å². The molecule has 0 atom stereocenters. The van der Waals surface area contributed by atoms with Crippen LogP contribution in [0.5, 0.6) is 0 Å². The van der Waals surface area contributed by atoms with E-state index >= 15 is 0 Å². The van der Waals surface area contributed by atoms with Gasteiger partial charge in [0, 0.05) is 26.2 Å². The monoisotopic (exact) mass is 246 g/mol. The summed E-state index contributed by atoms with van der Waals surface area (Å²) in [6.07, 6.45) is 2.17. The van der Waals surface area contributed by atoms with Crippen molar-refractivity contribution in [3.8, 4) is 0 Å². The number of aliphatic imine (C=N–C) groups is 1. The van der Waals surface area contributed by atoms with Crippen LogP contribution >= 0.6 is 0 Å². The summed E-state index contributed by atoms with van der Waals surface area (Å²) in [4.78, 5) is 6.48. The van der Waals surface area contributed by atoms with Gasteiger partial charge in [0.15, 0.2) is 5.96 Å². The van der Waals surface area contributed by atoms with Gasteiger partial charge in [-0.1, -0.05) is 23.8 Å². The molecule has 0 fully saturated rings. The lowest BCUT2D eigenvalue weighted by atomic mass is 9.97. The second-order valence-electron chi connectivity index (χ2n) is 4.96. The highest BCUT2D eigenvalue weighted by molar-refractivity contribution is 5.75. The predicted octanol–water partition coefficient (Wildman–Crippen LogP) is 1.02. The minimum absolute atomic E-state index is 0.189. The molecule has 4 nitrogen and oxygen atoms in total. The van der Waals surface area contributed by atoms with Crippen LogP contribution in [0.1, 0.15) is 23.1 Å². The number of aryl methyl sites for hydroxylation is 1. The Labute approximate surface area is 109 Å². The Balaban J connectivity index is 1.84. The maximum absolute atomic E-state index is 5.30. The van der Waals surface area contributed by atoms with Crippen LogP contribution in [-0.2, 0) is 13.0 Å². The van der Waals surface area contributed by atoms with Crippen molar-refractivity contribution in [3.05, 3.63) is 34.9 Å². The number of nitrogens with two attached hydrogens (primary N) is 2. The van der Waals surface area contributed by atoms with Gasteiger partial charge in [0.1, 0.15) is 0 Å². The summed E-state index contributed by atoms with van der Waals surface area (Å²) in [5.74, 6) is 0.189. The molecule has 1 aromatic carbocycles. The number of benzene rings is 1. The third-order valence-corrected chi connectivity index (χ3v) is 3.38. The van der Waals surface area contributed by atoms with Gasteiger partial charge in [0.05, 0.1) is 0 Å². The van der Waals surface area contributed by atoms with E-state index in [0.29, 0.717) is 0 Å². The van der Waals surface area contributed by atoms with Gasteiger partial charge in [0.25, 0.3) is 0 Å². The Kier molecular flexibility index (Phi) is 4.20. The van der Waals surface area contributed by atoms with Crippen LogP contribution in [-0.4, -0.2) is 30.5 Å². The minimum Gasteiger partial charge on any atom is -0.370 e. The van der Waals surface area contributed by atoms with Gasteiger partial charge in [-0.2, -0.15) is 0 Å². The fourth-order valence-electron chi connectivity index (χ4n) is 2.43. The Morgan fingerprint density at radius 2 is 2.17 bits per heavy atom. The minimum atomic E-state index is 0.189. The van der Waals surface area contributed by atoms with Gasteiger partial charge in [-0.3, -0.25) is 9.89 Å². The van der Waals surface area contributed by atoms with Crippen molar-refractivity contribution in [1.29, 1.82) is 0 Å². The smallest absolute Gasteiger partial charge is 0.185 e. The highest BCUT2D eigenvalue weighted by Crippen LogP contribution is 2.20. The van der Waals surface area contributed by atoms with Crippen LogP contribution in [0.4, 0.5) is 0 Å². The normalized spacial score (nSPS) is 15.2. The van der Waals surface area contributed by atoms with Crippen LogP contribution in [0.25, 0.3) is 0 Å². The molecule has 1 aliphatic heterocycles. The first-order chi connectivity index (χ1) is 8.65. The average Bonchev–Trinajstić information content (AvgIpc) is 2.34. The maximum atomic E-state index is 5.30. The molecule has 98 valence electrons. The van der Waals surface area contributed by atoms with E-state index in [1.54, 1.807) is 0 Å². The first-order valence-electron chi connectivity index (χ1n) is 6.51. The molecule has 2 rings (SSSR count). The van der Waals surface area contributed by atoms with E-state index in [-0.39, 0.29) is 5.96 Å². The third kappa shape index (κ3) is 3.47. The van der Waals surface area contributed by atoms with Gasteiger partial charge in [-0.05, 0) is 30.9 Å². The predicted molar refractivity (Wildman–Crippen MR) is 75.5 cm³/mol. The Hall–Kier alpha value is -1.55. The van der Waals surface area contributed by atoms with Gasteiger partial charge >= 0.3 is 0 Å². The van der Waals surface area contributed by atoms with Gasteiger partial charge in [0.2, 0.25) is 0 Å². The number of fused-ring (bicyclic) bond motifs is 1. The van der Waals surface area contributed by atoms with Crippen molar-refractivity contribution in [3.63, 3.8) is 0 Å². The van der Waals surface area contributed by atoms with Gasteiger partial charge < -0.3 is 11.5 Å². The van der Waals surface area contributed by atoms with Crippen LogP contribution < -0.4 is 11.5 Å². The van der Waals surface area contributed by atoms with E-state index in [4.69, 9.17) is 11.5 Å². The quantitative estimate of drug-likeness (QED) is 0.473. The van der Waals surface area contributed by atoms with E-state index in [9.17, 15) is 0 Å². The molecule has 0 unspecified atom stereocenters. The zero-order chi connectivity index (χ0) is 13.0. The average molecular weight is 246 g/mol. The van der Waals surface area contributed by atoms with E-state index in [1.165, 1.54) is 16.7 Å². The summed E-state index contributed by atoms with van der Waals surface area (Å²) >= 11 is 0. The summed E-state index contributed by atoms with van der Waals surface area (Å²) in [6.45, 7) is 6.13. The topological polar surface area (TPSA) is 67.6 Å². The van der Waals surface area contributed by atoms with Crippen molar-refractivity contribution in [2.75, 3.05) is 19.6 Å². The van der Waals surface area contributed by atoms with Gasteiger partial charge in [-0.25, -0.2) is 0 Å². The molecule has 1 aliphatic rings. The summed E-state index contributed by atoms with van der Waals surface area (Å²) in [7, 11) is 0.